The maximum absolute atomic E-state index is 5.73. The molecule has 22 heavy (non-hydrogen) atoms. The smallest absolute Gasteiger partial charge is 0.282 e. The van der Waals surface area contributed by atoms with Crippen molar-refractivity contribution in [2.75, 3.05) is 39.6 Å². The van der Waals surface area contributed by atoms with E-state index in [0.717, 1.165) is 0 Å². The molecule has 0 amide bonds. The lowest BCUT2D eigenvalue weighted by atomic mass is 9.90. The van der Waals surface area contributed by atoms with Gasteiger partial charge in [0.25, 0.3) is 5.97 Å². The highest BCUT2D eigenvalue weighted by Crippen LogP contribution is 2.40. The lowest BCUT2D eigenvalue weighted by Gasteiger charge is -2.51. The van der Waals surface area contributed by atoms with Crippen molar-refractivity contribution >= 4 is 0 Å². The standard InChI is InChI=1S/C17H24O5/c1-2-17-20-12-16(13-21-17,14-22-17)11-19-9-8-18-10-15-6-4-3-5-7-15/h3-7H,2,8-14H2,1H3. The second-order valence-electron chi connectivity index (χ2n) is 5.99. The molecule has 3 aliphatic rings. The van der Waals surface area contributed by atoms with Gasteiger partial charge in [0.2, 0.25) is 0 Å². The quantitative estimate of drug-likeness (QED) is 0.690. The highest BCUT2D eigenvalue weighted by atomic mass is 16.9. The number of fused-ring (bicyclic) bond motifs is 3. The molecule has 0 radical (unpaired) electrons. The Morgan fingerprint density at radius 3 is 2.23 bits per heavy atom. The minimum absolute atomic E-state index is 0.170. The Morgan fingerprint density at radius 2 is 1.59 bits per heavy atom. The second-order valence-corrected chi connectivity index (χ2v) is 5.99. The molecule has 3 saturated heterocycles. The van der Waals surface area contributed by atoms with Gasteiger partial charge < -0.3 is 23.7 Å². The molecule has 2 bridgehead atoms. The van der Waals surface area contributed by atoms with Gasteiger partial charge in [-0.2, -0.15) is 0 Å². The van der Waals surface area contributed by atoms with Crippen LogP contribution in [0.1, 0.15) is 18.9 Å². The molecule has 0 aliphatic carbocycles. The van der Waals surface area contributed by atoms with E-state index in [2.05, 4.69) is 12.1 Å². The fourth-order valence-electron chi connectivity index (χ4n) is 2.64. The third kappa shape index (κ3) is 3.67. The first kappa shape index (κ1) is 15.9. The van der Waals surface area contributed by atoms with Gasteiger partial charge in [-0.05, 0) is 5.56 Å². The predicted molar refractivity (Wildman–Crippen MR) is 80.2 cm³/mol. The van der Waals surface area contributed by atoms with Gasteiger partial charge in [-0.25, -0.2) is 0 Å². The van der Waals surface area contributed by atoms with Crippen molar-refractivity contribution in [3.05, 3.63) is 35.9 Å². The van der Waals surface area contributed by atoms with Gasteiger partial charge in [0.15, 0.2) is 0 Å². The molecule has 0 atom stereocenters. The van der Waals surface area contributed by atoms with Gasteiger partial charge in [0.1, 0.15) is 0 Å². The van der Waals surface area contributed by atoms with Crippen LogP contribution in [0.2, 0.25) is 0 Å². The number of rotatable bonds is 8. The molecule has 1 aromatic carbocycles. The maximum atomic E-state index is 5.73. The number of hydrogen-bond acceptors (Lipinski definition) is 5. The van der Waals surface area contributed by atoms with Crippen molar-refractivity contribution in [3.63, 3.8) is 0 Å². The second kappa shape index (κ2) is 7.06. The number of hydrogen-bond donors (Lipinski definition) is 0. The molecule has 3 fully saturated rings. The van der Waals surface area contributed by atoms with Crippen molar-refractivity contribution < 1.29 is 23.7 Å². The Labute approximate surface area is 131 Å². The molecule has 5 nitrogen and oxygen atoms in total. The zero-order valence-electron chi connectivity index (χ0n) is 13.1. The SMILES string of the molecule is CCC12OCC(COCCOCc3ccccc3)(CO1)CO2. The van der Waals surface area contributed by atoms with Crippen LogP contribution < -0.4 is 0 Å². The largest absolute Gasteiger partial charge is 0.378 e. The monoisotopic (exact) mass is 308 g/mol. The topological polar surface area (TPSA) is 46.2 Å². The third-order valence-corrected chi connectivity index (χ3v) is 4.12. The van der Waals surface area contributed by atoms with Crippen LogP contribution in [0.25, 0.3) is 0 Å². The summed E-state index contributed by atoms with van der Waals surface area (Å²) in [5.41, 5.74) is 1.00. The molecule has 0 aromatic heterocycles. The Hall–Kier alpha value is -0.980. The molecule has 0 spiro atoms. The van der Waals surface area contributed by atoms with Gasteiger partial charge >= 0.3 is 0 Å². The summed E-state index contributed by atoms with van der Waals surface area (Å²) in [5.74, 6) is -0.805. The van der Waals surface area contributed by atoms with Gasteiger partial charge in [-0.3, -0.25) is 0 Å². The normalized spacial score (nSPS) is 30.6. The van der Waals surface area contributed by atoms with Crippen molar-refractivity contribution in [1.29, 1.82) is 0 Å². The summed E-state index contributed by atoms with van der Waals surface area (Å²) in [7, 11) is 0. The molecule has 3 aliphatic heterocycles. The molecular weight excluding hydrogens is 284 g/mol. The third-order valence-electron chi connectivity index (χ3n) is 4.12. The van der Waals surface area contributed by atoms with Gasteiger partial charge in [-0.1, -0.05) is 37.3 Å². The van der Waals surface area contributed by atoms with E-state index in [0.29, 0.717) is 52.7 Å². The first-order valence-corrected chi connectivity index (χ1v) is 7.87. The minimum atomic E-state index is -0.805. The van der Waals surface area contributed by atoms with Crippen molar-refractivity contribution in [2.24, 2.45) is 5.41 Å². The van der Waals surface area contributed by atoms with E-state index >= 15 is 0 Å². The minimum Gasteiger partial charge on any atom is -0.378 e. The van der Waals surface area contributed by atoms with E-state index in [1.165, 1.54) is 5.56 Å². The van der Waals surface area contributed by atoms with Crippen LogP contribution in [0.15, 0.2) is 30.3 Å². The summed E-state index contributed by atoms with van der Waals surface area (Å²) < 4.78 is 28.4. The maximum Gasteiger partial charge on any atom is 0.282 e. The van der Waals surface area contributed by atoms with E-state index in [4.69, 9.17) is 23.7 Å². The zero-order valence-corrected chi connectivity index (χ0v) is 13.1. The summed E-state index contributed by atoms with van der Waals surface area (Å²) in [6, 6.07) is 10.1. The van der Waals surface area contributed by atoms with Gasteiger partial charge in [0, 0.05) is 6.42 Å². The van der Waals surface area contributed by atoms with Gasteiger partial charge in [-0.15, -0.1) is 0 Å². The Bertz CT molecular complexity index is 437. The van der Waals surface area contributed by atoms with Crippen LogP contribution in [-0.2, 0) is 30.3 Å². The molecule has 5 heteroatoms. The molecule has 0 N–H and O–H groups in total. The summed E-state index contributed by atoms with van der Waals surface area (Å²) in [5, 5.41) is 0. The molecule has 0 saturated carbocycles. The average Bonchev–Trinajstić information content (AvgIpc) is 2.60. The van der Waals surface area contributed by atoms with Gasteiger partial charge in [0.05, 0.1) is 51.7 Å². The van der Waals surface area contributed by atoms with Crippen LogP contribution in [0.5, 0.6) is 0 Å². The fraction of sp³-hybridized carbons (Fsp3) is 0.647. The van der Waals surface area contributed by atoms with Crippen LogP contribution >= 0.6 is 0 Å². The number of benzene rings is 1. The summed E-state index contributed by atoms with van der Waals surface area (Å²) in [6.45, 7) is 6.22. The highest BCUT2D eigenvalue weighted by Gasteiger charge is 2.51. The lowest BCUT2D eigenvalue weighted by Crippen LogP contribution is -2.61. The summed E-state index contributed by atoms with van der Waals surface area (Å²) in [6.07, 6.45) is 0.706. The first-order chi connectivity index (χ1) is 10.8. The van der Waals surface area contributed by atoms with Crippen LogP contribution in [-0.4, -0.2) is 45.6 Å². The van der Waals surface area contributed by atoms with E-state index in [9.17, 15) is 0 Å². The molecule has 3 heterocycles. The Balaban J connectivity index is 1.31. The molecule has 1 aromatic rings. The van der Waals surface area contributed by atoms with E-state index in [1.54, 1.807) is 0 Å². The zero-order chi connectivity index (χ0) is 15.3. The Morgan fingerprint density at radius 1 is 0.955 bits per heavy atom. The van der Waals surface area contributed by atoms with E-state index in [1.807, 2.05) is 25.1 Å². The van der Waals surface area contributed by atoms with Crippen molar-refractivity contribution in [3.8, 4) is 0 Å². The summed E-state index contributed by atoms with van der Waals surface area (Å²) in [4.78, 5) is 0. The highest BCUT2D eigenvalue weighted by molar-refractivity contribution is 5.13. The van der Waals surface area contributed by atoms with E-state index < -0.39 is 5.97 Å². The Kier molecular flexibility index (Phi) is 5.10. The van der Waals surface area contributed by atoms with Crippen LogP contribution in [0, 0.1) is 5.41 Å². The molecular formula is C17H24O5. The summed E-state index contributed by atoms with van der Waals surface area (Å²) >= 11 is 0. The first-order valence-electron chi connectivity index (χ1n) is 7.87. The van der Waals surface area contributed by atoms with E-state index in [-0.39, 0.29) is 5.41 Å². The van der Waals surface area contributed by atoms with Crippen LogP contribution in [0.4, 0.5) is 0 Å². The molecule has 4 rings (SSSR count). The van der Waals surface area contributed by atoms with Crippen molar-refractivity contribution in [1.82, 2.24) is 0 Å². The average molecular weight is 308 g/mol. The predicted octanol–water partition coefficient (Wildman–Crippen LogP) is 2.35. The molecule has 122 valence electrons. The fourth-order valence-corrected chi connectivity index (χ4v) is 2.64. The lowest BCUT2D eigenvalue weighted by molar-refractivity contribution is -0.471. The molecule has 0 unspecified atom stereocenters. The van der Waals surface area contributed by atoms with Crippen molar-refractivity contribution in [2.45, 2.75) is 25.9 Å². The van der Waals surface area contributed by atoms with Crippen LogP contribution in [0.3, 0.4) is 0 Å². The number of ether oxygens (including phenoxy) is 5.